The molecule has 0 saturated heterocycles. The summed E-state index contributed by atoms with van der Waals surface area (Å²) in [4.78, 5) is 0. The van der Waals surface area contributed by atoms with Gasteiger partial charge in [-0.1, -0.05) is 50.3 Å². The fraction of sp³-hybridized carbons (Fsp3) is 0.263. The van der Waals surface area contributed by atoms with Crippen molar-refractivity contribution in [3.63, 3.8) is 0 Å². The van der Waals surface area contributed by atoms with Crippen molar-refractivity contribution in [1.29, 1.82) is 0 Å². The van der Waals surface area contributed by atoms with Crippen LogP contribution in [0.25, 0.3) is 11.3 Å². The first-order valence-electron chi connectivity index (χ1n) is 7.85. The van der Waals surface area contributed by atoms with Gasteiger partial charge in [0.2, 0.25) is 0 Å². The highest BCUT2D eigenvalue weighted by Gasteiger charge is 2.13. The van der Waals surface area contributed by atoms with Crippen LogP contribution in [-0.4, -0.2) is 25.2 Å². The van der Waals surface area contributed by atoms with E-state index < -0.39 is 0 Å². The highest BCUT2D eigenvalue weighted by molar-refractivity contribution is 5.62. The Balaban J connectivity index is 1.77. The molecule has 3 rings (SSSR count). The molecule has 0 aliphatic rings. The number of phenols is 2. The first kappa shape index (κ1) is 16.1. The van der Waals surface area contributed by atoms with Crippen LogP contribution in [0.4, 0.5) is 0 Å². The Morgan fingerprint density at radius 2 is 1.67 bits per heavy atom. The number of benzene rings is 2. The van der Waals surface area contributed by atoms with E-state index in [1.54, 1.807) is 10.7 Å². The van der Waals surface area contributed by atoms with Gasteiger partial charge in [0.05, 0.1) is 12.7 Å². The predicted octanol–water partition coefficient (Wildman–Crippen LogP) is 3.70. The number of phenolic OH excluding ortho intramolecular Hbond substituents is 2. The van der Waals surface area contributed by atoms with Gasteiger partial charge in [0.25, 0.3) is 0 Å². The Morgan fingerprint density at radius 1 is 0.958 bits per heavy atom. The van der Waals surface area contributed by atoms with Gasteiger partial charge in [0.15, 0.2) is 11.5 Å². The number of rotatable bonds is 3. The van der Waals surface area contributed by atoms with Gasteiger partial charge >= 0.3 is 0 Å². The molecule has 124 valence electrons. The lowest BCUT2D eigenvalue weighted by Gasteiger charge is -2.19. The molecule has 1 heterocycles. The molecular formula is C19H21N3O2. The largest absolute Gasteiger partial charge is 0.504 e. The van der Waals surface area contributed by atoms with Gasteiger partial charge in [-0.15, -0.1) is 5.10 Å². The van der Waals surface area contributed by atoms with Crippen molar-refractivity contribution >= 4 is 0 Å². The average Bonchev–Trinajstić information content (AvgIpc) is 2.98. The van der Waals surface area contributed by atoms with Crippen LogP contribution in [0.2, 0.25) is 0 Å². The molecule has 2 N–H and O–H groups in total. The number of nitrogens with zero attached hydrogens (tertiary/aromatic N) is 3. The summed E-state index contributed by atoms with van der Waals surface area (Å²) in [6.45, 7) is 7.21. The lowest BCUT2D eigenvalue weighted by molar-refractivity contribution is 0.404. The molecule has 0 unspecified atom stereocenters. The number of hydrogen-bond acceptors (Lipinski definition) is 4. The topological polar surface area (TPSA) is 71.2 Å². The molecule has 5 heteroatoms. The van der Waals surface area contributed by atoms with Crippen molar-refractivity contribution in [3.05, 3.63) is 59.8 Å². The zero-order valence-corrected chi connectivity index (χ0v) is 14.1. The van der Waals surface area contributed by atoms with Gasteiger partial charge in [-0.25, -0.2) is 4.68 Å². The molecule has 5 nitrogen and oxygen atoms in total. The van der Waals surface area contributed by atoms with E-state index in [9.17, 15) is 10.2 Å². The maximum Gasteiger partial charge on any atom is 0.158 e. The molecule has 0 spiro atoms. The van der Waals surface area contributed by atoms with Crippen molar-refractivity contribution in [3.8, 4) is 22.8 Å². The van der Waals surface area contributed by atoms with Crippen LogP contribution in [0.5, 0.6) is 11.5 Å². The van der Waals surface area contributed by atoms with Gasteiger partial charge in [-0.05, 0) is 34.7 Å². The molecular weight excluding hydrogens is 302 g/mol. The molecule has 0 atom stereocenters. The van der Waals surface area contributed by atoms with Crippen LogP contribution in [0.1, 0.15) is 31.9 Å². The van der Waals surface area contributed by atoms with Gasteiger partial charge in [0, 0.05) is 5.56 Å². The molecule has 0 radical (unpaired) electrons. The van der Waals surface area contributed by atoms with Crippen molar-refractivity contribution in [1.82, 2.24) is 15.0 Å². The van der Waals surface area contributed by atoms with Crippen LogP contribution >= 0.6 is 0 Å². The molecule has 0 aliphatic carbocycles. The van der Waals surface area contributed by atoms with E-state index >= 15 is 0 Å². The summed E-state index contributed by atoms with van der Waals surface area (Å²) >= 11 is 0. The van der Waals surface area contributed by atoms with E-state index in [0.29, 0.717) is 17.8 Å². The van der Waals surface area contributed by atoms with E-state index in [4.69, 9.17) is 0 Å². The first-order valence-corrected chi connectivity index (χ1v) is 7.85. The SMILES string of the molecule is CC(C)(C)c1ccc(Cn2cc(-c3ccc(O)c(O)c3)nn2)cc1. The third kappa shape index (κ3) is 3.40. The van der Waals surface area contributed by atoms with Crippen LogP contribution < -0.4 is 0 Å². The minimum atomic E-state index is -0.167. The number of aromatic hydroxyl groups is 2. The average molecular weight is 323 g/mol. The van der Waals surface area contributed by atoms with Crippen LogP contribution in [0.15, 0.2) is 48.7 Å². The summed E-state index contributed by atoms with van der Waals surface area (Å²) in [5.74, 6) is -0.315. The van der Waals surface area contributed by atoms with Crippen molar-refractivity contribution < 1.29 is 10.2 Å². The standard InChI is InChI=1S/C19H21N3O2/c1-19(2,3)15-7-4-13(5-8-15)11-22-12-16(20-21-22)14-6-9-17(23)18(24)10-14/h4-10,12,23-24H,11H2,1-3H3. The highest BCUT2D eigenvalue weighted by atomic mass is 16.3. The van der Waals surface area contributed by atoms with E-state index in [1.165, 1.54) is 17.7 Å². The Kier molecular flexibility index (Phi) is 4.01. The van der Waals surface area contributed by atoms with Crippen LogP contribution in [0.3, 0.4) is 0 Å². The van der Waals surface area contributed by atoms with Crippen molar-refractivity contribution in [2.75, 3.05) is 0 Å². The molecule has 0 amide bonds. The normalized spacial score (nSPS) is 11.6. The molecule has 0 saturated carbocycles. The summed E-state index contributed by atoms with van der Waals surface area (Å²) in [5, 5.41) is 27.2. The Morgan fingerprint density at radius 3 is 2.29 bits per heavy atom. The molecule has 24 heavy (non-hydrogen) atoms. The summed E-state index contributed by atoms with van der Waals surface area (Å²) in [6.07, 6.45) is 1.82. The van der Waals surface area contributed by atoms with E-state index in [2.05, 4.69) is 55.3 Å². The first-order chi connectivity index (χ1) is 11.3. The van der Waals surface area contributed by atoms with E-state index in [-0.39, 0.29) is 16.9 Å². The van der Waals surface area contributed by atoms with Crippen LogP contribution in [0, 0.1) is 0 Å². The molecule has 3 aromatic rings. The third-order valence-electron chi connectivity index (χ3n) is 3.97. The lowest BCUT2D eigenvalue weighted by atomic mass is 9.87. The summed E-state index contributed by atoms with van der Waals surface area (Å²) < 4.78 is 1.76. The van der Waals surface area contributed by atoms with Gasteiger partial charge in [-0.3, -0.25) is 0 Å². The summed E-state index contributed by atoms with van der Waals surface area (Å²) in [7, 11) is 0. The summed E-state index contributed by atoms with van der Waals surface area (Å²) in [6, 6.07) is 13.1. The smallest absolute Gasteiger partial charge is 0.158 e. The fourth-order valence-electron chi connectivity index (χ4n) is 2.49. The van der Waals surface area contributed by atoms with Gasteiger partial charge in [0.1, 0.15) is 5.69 Å². The summed E-state index contributed by atoms with van der Waals surface area (Å²) in [5.41, 5.74) is 3.94. The minimum absolute atomic E-state index is 0.139. The molecule has 0 aliphatic heterocycles. The molecule has 0 bridgehead atoms. The third-order valence-corrected chi connectivity index (χ3v) is 3.97. The maximum atomic E-state index is 9.59. The van der Waals surface area contributed by atoms with E-state index in [1.807, 2.05) is 6.20 Å². The van der Waals surface area contributed by atoms with Crippen molar-refractivity contribution in [2.24, 2.45) is 0 Å². The predicted molar refractivity (Wildman–Crippen MR) is 93.0 cm³/mol. The Bertz CT molecular complexity index is 846. The second-order valence-corrected chi connectivity index (χ2v) is 6.95. The minimum Gasteiger partial charge on any atom is -0.504 e. The highest BCUT2D eigenvalue weighted by Crippen LogP contribution is 2.29. The maximum absolute atomic E-state index is 9.59. The van der Waals surface area contributed by atoms with E-state index in [0.717, 1.165) is 5.56 Å². The second kappa shape index (κ2) is 6.00. The van der Waals surface area contributed by atoms with Crippen LogP contribution in [-0.2, 0) is 12.0 Å². The number of aromatic nitrogens is 3. The second-order valence-electron chi connectivity index (χ2n) is 6.95. The number of hydrogen-bond donors (Lipinski definition) is 2. The fourth-order valence-corrected chi connectivity index (χ4v) is 2.49. The van der Waals surface area contributed by atoms with Gasteiger partial charge < -0.3 is 10.2 Å². The molecule has 0 fully saturated rings. The van der Waals surface area contributed by atoms with Crippen molar-refractivity contribution in [2.45, 2.75) is 32.7 Å². The Hall–Kier alpha value is -2.82. The monoisotopic (exact) mass is 323 g/mol. The lowest BCUT2D eigenvalue weighted by Crippen LogP contribution is -2.11. The van der Waals surface area contributed by atoms with Gasteiger partial charge in [-0.2, -0.15) is 0 Å². The Labute approximate surface area is 141 Å². The quantitative estimate of drug-likeness (QED) is 0.721. The molecule has 2 aromatic carbocycles. The zero-order valence-electron chi connectivity index (χ0n) is 14.1. The molecule has 1 aromatic heterocycles. The zero-order chi connectivity index (χ0) is 17.3.